The fraction of sp³-hybridized carbons (Fsp3) is 0.455. The Morgan fingerprint density at radius 3 is 3.00 bits per heavy atom. The summed E-state index contributed by atoms with van der Waals surface area (Å²) in [7, 11) is 0. The summed E-state index contributed by atoms with van der Waals surface area (Å²) < 4.78 is 18.6. The van der Waals surface area contributed by atoms with Crippen LogP contribution in [0.4, 0.5) is 4.39 Å². The SMILES string of the molecule is CC(N)c1cc(F)cc2c1CCCO2. The van der Waals surface area contributed by atoms with E-state index in [0.717, 1.165) is 24.0 Å². The molecule has 1 aromatic rings. The van der Waals surface area contributed by atoms with Crippen LogP contribution in [0.2, 0.25) is 0 Å². The van der Waals surface area contributed by atoms with Gasteiger partial charge in [-0.1, -0.05) is 0 Å². The van der Waals surface area contributed by atoms with Crippen LogP contribution in [-0.2, 0) is 6.42 Å². The second-order valence-electron chi connectivity index (χ2n) is 3.71. The number of hydrogen-bond acceptors (Lipinski definition) is 2. The van der Waals surface area contributed by atoms with Crippen molar-refractivity contribution in [1.82, 2.24) is 0 Å². The predicted molar refractivity (Wildman–Crippen MR) is 52.8 cm³/mol. The largest absolute Gasteiger partial charge is 0.493 e. The van der Waals surface area contributed by atoms with Gasteiger partial charge >= 0.3 is 0 Å². The van der Waals surface area contributed by atoms with Crippen LogP contribution in [0.3, 0.4) is 0 Å². The van der Waals surface area contributed by atoms with Crippen LogP contribution >= 0.6 is 0 Å². The Balaban J connectivity index is 2.52. The summed E-state index contributed by atoms with van der Waals surface area (Å²) >= 11 is 0. The zero-order valence-corrected chi connectivity index (χ0v) is 8.22. The van der Waals surface area contributed by atoms with Crippen LogP contribution < -0.4 is 10.5 Å². The van der Waals surface area contributed by atoms with Gasteiger partial charge in [0, 0.05) is 12.1 Å². The van der Waals surface area contributed by atoms with E-state index in [2.05, 4.69) is 0 Å². The number of benzene rings is 1. The zero-order chi connectivity index (χ0) is 10.1. The lowest BCUT2D eigenvalue weighted by molar-refractivity contribution is 0.285. The van der Waals surface area contributed by atoms with Crippen molar-refractivity contribution in [2.75, 3.05) is 6.61 Å². The molecule has 2 nitrogen and oxygen atoms in total. The molecule has 2 N–H and O–H groups in total. The molecule has 1 heterocycles. The Morgan fingerprint density at radius 2 is 2.29 bits per heavy atom. The van der Waals surface area contributed by atoms with Crippen LogP contribution in [0.15, 0.2) is 12.1 Å². The van der Waals surface area contributed by atoms with E-state index in [1.54, 1.807) is 0 Å². The summed E-state index contributed by atoms with van der Waals surface area (Å²) in [6.45, 7) is 2.54. The molecule has 0 bridgehead atoms. The molecule has 14 heavy (non-hydrogen) atoms. The van der Waals surface area contributed by atoms with E-state index in [4.69, 9.17) is 10.5 Å². The molecule has 76 valence electrons. The Morgan fingerprint density at radius 1 is 1.50 bits per heavy atom. The van der Waals surface area contributed by atoms with E-state index in [0.29, 0.717) is 12.4 Å². The van der Waals surface area contributed by atoms with Crippen LogP contribution in [0.25, 0.3) is 0 Å². The minimum Gasteiger partial charge on any atom is -0.493 e. The van der Waals surface area contributed by atoms with E-state index in [-0.39, 0.29) is 11.9 Å². The zero-order valence-electron chi connectivity index (χ0n) is 8.22. The van der Waals surface area contributed by atoms with Crippen molar-refractivity contribution in [3.63, 3.8) is 0 Å². The first-order chi connectivity index (χ1) is 6.68. The van der Waals surface area contributed by atoms with Crippen LogP contribution in [0, 0.1) is 5.82 Å². The highest BCUT2D eigenvalue weighted by Gasteiger charge is 2.17. The molecular weight excluding hydrogens is 181 g/mol. The molecule has 0 aliphatic carbocycles. The summed E-state index contributed by atoms with van der Waals surface area (Å²) in [5, 5.41) is 0. The van der Waals surface area contributed by atoms with Crippen molar-refractivity contribution in [3.05, 3.63) is 29.1 Å². The lowest BCUT2D eigenvalue weighted by Crippen LogP contribution is -2.15. The van der Waals surface area contributed by atoms with Gasteiger partial charge in [0.25, 0.3) is 0 Å². The average molecular weight is 195 g/mol. The van der Waals surface area contributed by atoms with Gasteiger partial charge in [0.2, 0.25) is 0 Å². The number of hydrogen-bond donors (Lipinski definition) is 1. The summed E-state index contributed by atoms with van der Waals surface area (Å²) in [5.74, 6) is 0.404. The van der Waals surface area contributed by atoms with E-state index < -0.39 is 0 Å². The normalized spacial score (nSPS) is 17.1. The third kappa shape index (κ3) is 1.60. The van der Waals surface area contributed by atoms with Crippen molar-refractivity contribution in [2.45, 2.75) is 25.8 Å². The average Bonchev–Trinajstić information content (AvgIpc) is 2.16. The Labute approximate surface area is 82.9 Å². The van der Waals surface area contributed by atoms with Gasteiger partial charge in [-0.15, -0.1) is 0 Å². The number of fused-ring (bicyclic) bond motifs is 1. The highest BCUT2D eigenvalue weighted by Crippen LogP contribution is 2.31. The quantitative estimate of drug-likeness (QED) is 0.745. The highest BCUT2D eigenvalue weighted by molar-refractivity contribution is 5.43. The molecule has 1 aliphatic heterocycles. The molecule has 0 saturated heterocycles. The molecule has 0 amide bonds. The number of rotatable bonds is 1. The molecular formula is C11H14FNO. The lowest BCUT2D eigenvalue weighted by Gasteiger charge is -2.21. The summed E-state index contributed by atoms with van der Waals surface area (Å²) in [5.41, 5.74) is 7.74. The maximum Gasteiger partial charge on any atom is 0.127 e. The first-order valence-corrected chi connectivity index (χ1v) is 4.89. The van der Waals surface area contributed by atoms with Gasteiger partial charge in [0.15, 0.2) is 0 Å². The van der Waals surface area contributed by atoms with E-state index >= 15 is 0 Å². The summed E-state index contributed by atoms with van der Waals surface area (Å²) in [4.78, 5) is 0. The number of ether oxygens (including phenoxy) is 1. The smallest absolute Gasteiger partial charge is 0.127 e. The molecule has 0 spiro atoms. The Bertz CT molecular complexity index is 349. The second kappa shape index (κ2) is 3.58. The number of halogens is 1. The van der Waals surface area contributed by atoms with E-state index in [9.17, 15) is 4.39 Å². The van der Waals surface area contributed by atoms with E-state index in [1.165, 1.54) is 12.1 Å². The molecule has 1 aliphatic rings. The van der Waals surface area contributed by atoms with Gasteiger partial charge in [0.1, 0.15) is 11.6 Å². The molecule has 1 unspecified atom stereocenters. The van der Waals surface area contributed by atoms with Crippen molar-refractivity contribution in [1.29, 1.82) is 0 Å². The van der Waals surface area contributed by atoms with Gasteiger partial charge in [-0.3, -0.25) is 0 Å². The maximum atomic E-state index is 13.2. The minimum atomic E-state index is -0.266. The third-order valence-electron chi connectivity index (χ3n) is 2.53. The summed E-state index contributed by atoms with van der Waals surface area (Å²) in [6.07, 6.45) is 1.92. The van der Waals surface area contributed by atoms with E-state index in [1.807, 2.05) is 6.92 Å². The van der Waals surface area contributed by atoms with Gasteiger partial charge in [-0.05, 0) is 37.0 Å². The fourth-order valence-corrected chi connectivity index (χ4v) is 1.87. The Kier molecular flexibility index (Phi) is 2.42. The van der Waals surface area contributed by atoms with Crippen molar-refractivity contribution < 1.29 is 9.13 Å². The van der Waals surface area contributed by atoms with Crippen molar-refractivity contribution >= 4 is 0 Å². The number of nitrogens with two attached hydrogens (primary N) is 1. The fourth-order valence-electron chi connectivity index (χ4n) is 1.87. The molecule has 0 aromatic heterocycles. The predicted octanol–water partition coefficient (Wildman–Crippen LogP) is 2.17. The molecule has 1 aromatic carbocycles. The van der Waals surface area contributed by atoms with Crippen LogP contribution in [-0.4, -0.2) is 6.61 Å². The van der Waals surface area contributed by atoms with Crippen molar-refractivity contribution in [2.24, 2.45) is 5.73 Å². The van der Waals surface area contributed by atoms with Gasteiger partial charge in [-0.25, -0.2) is 4.39 Å². The van der Waals surface area contributed by atoms with Crippen molar-refractivity contribution in [3.8, 4) is 5.75 Å². The monoisotopic (exact) mass is 195 g/mol. The van der Waals surface area contributed by atoms with Gasteiger partial charge in [0.05, 0.1) is 6.61 Å². The first kappa shape index (κ1) is 9.46. The maximum absolute atomic E-state index is 13.2. The third-order valence-corrected chi connectivity index (χ3v) is 2.53. The molecule has 0 fully saturated rings. The lowest BCUT2D eigenvalue weighted by atomic mass is 9.96. The second-order valence-corrected chi connectivity index (χ2v) is 3.71. The minimum absolute atomic E-state index is 0.138. The molecule has 0 radical (unpaired) electrons. The molecule has 3 heteroatoms. The van der Waals surface area contributed by atoms with Gasteiger partial charge in [-0.2, -0.15) is 0 Å². The van der Waals surface area contributed by atoms with Crippen LogP contribution in [0.1, 0.15) is 30.5 Å². The molecule has 0 saturated carbocycles. The summed E-state index contributed by atoms with van der Waals surface area (Å²) in [6, 6.07) is 2.82. The first-order valence-electron chi connectivity index (χ1n) is 4.89. The topological polar surface area (TPSA) is 35.2 Å². The molecule has 1 atom stereocenters. The van der Waals surface area contributed by atoms with Crippen LogP contribution in [0.5, 0.6) is 5.75 Å². The highest BCUT2D eigenvalue weighted by atomic mass is 19.1. The Hall–Kier alpha value is -1.09. The van der Waals surface area contributed by atoms with Gasteiger partial charge < -0.3 is 10.5 Å². The molecule has 2 rings (SSSR count). The standard InChI is InChI=1S/C11H14FNO/c1-7(13)10-5-8(12)6-11-9(10)3-2-4-14-11/h5-7H,2-4,13H2,1H3.